The van der Waals surface area contributed by atoms with Crippen LogP contribution in [0.3, 0.4) is 0 Å². The van der Waals surface area contributed by atoms with E-state index in [0.717, 1.165) is 33.5 Å². The van der Waals surface area contributed by atoms with Crippen molar-refractivity contribution in [3.05, 3.63) is 72.3 Å². The minimum absolute atomic E-state index is 0. The van der Waals surface area contributed by atoms with Gasteiger partial charge in [0.15, 0.2) is 0 Å². The largest absolute Gasteiger partial charge is 0.369 e. The number of rotatable bonds is 9. The normalized spacial score (nSPS) is 14.5. The molecule has 1 aliphatic heterocycles. The van der Waals surface area contributed by atoms with Crippen molar-refractivity contribution in [3.8, 4) is 11.3 Å². The molecule has 12 heteroatoms. The van der Waals surface area contributed by atoms with Crippen LogP contribution in [-0.2, 0) is 0 Å². The topological polar surface area (TPSA) is 99.2 Å². The van der Waals surface area contributed by atoms with Gasteiger partial charge in [-0.3, -0.25) is 14.7 Å². The van der Waals surface area contributed by atoms with Gasteiger partial charge >= 0.3 is 0 Å². The Kier molecular flexibility index (Phi) is 10.0. The maximum atomic E-state index is 12.6. The molecule has 1 aliphatic rings. The molecule has 0 saturated carbocycles. The molecule has 9 nitrogen and oxygen atoms in total. The monoisotopic (exact) mass is 580 g/mol. The second kappa shape index (κ2) is 13.6. The first-order valence-electron chi connectivity index (χ1n) is 13.3. The fourth-order valence-corrected chi connectivity index (χ4v) is 4.99. The van der Waals surface area contributed by atoms with Gasteiger partial charge in [-0.1, -0.05) is 25.1 Å². The van der Waals surface area contributed by atoms with Gasteiger partial charge in [0.1, 0.15) is 18.0 Å². The molecule has 0 spiro atoms. The van der Waals surface area contributed by atoms with Crippen molar-refractivity contribution in [2.75, 3.05) is 56.5 Å². The summed E-state index contributed by atoms with van der Waals surface area (Å²) in [6, 6.07) is 13.4. The third kappa shape index (κ3) is 7.06. The first-order valence-corrected chi connectivity index (χ1v) is 13.3. The molecule has 4 aromatic rings. The van der Waals surface area contributed by atoms with Crippen LogP contribution in [0, 0.1) is 0 Å². The van der Waals surface area contributed by atoms with Gasteiger partial charge < -0.3 is 15.5 Å². The molecule has 4 heterocycles. The molecule has 1 aromatic carbocycles. The van der Waals surface area contributed by atoms with Crippen LogP contribution >= 0.6 is 13.5 Å². The van der Waals surface area contributed by atoms with Gasteiger partial charge in [0.2, 0.25) is 0 Å². The van der Waals surface area contributed by atoms with E-state index in [4.69, 9.17) is 0 Å². The molecule has 0 radical (unpaired) electrons. The average Bonchev–Trinajstić information content (AvgIpc) is 2.99. The lowest BCUT2D eigenvalue weighted by atomic mass is 9.96. The number of hydrogen-bond acceptors (Lipinski definition) is 8. The van der Waals surface area contributed by atoms with Gasteiger partial charge in [-0.05, 0) is 23.8 Å². The molecule has 1 amide bonds. The average molecular weight is 581 g/mol. The van der Waals surface area contributed by atoms with Gasteiger partial charge in [0, 0.05) is 75.1 Å². The molecule has 41 heavy (non-hydrogen) atoms. The highest BCUT2D eigenvalue weighted by atomic mass is 32.1. The first-order chi connectivity index (χ1) is 19.4. The lowest BCUT2D eigenvalue weighted by Gasteiger charge is -2.35. The van der Waals surface area contributed by atoms with E-state index in [-0.39, 0.29) is 31.9 Å². The Morgan fingerprint density at radius 2 is 1.83 bits per heavy atom. The smallest absolute Gasteiger partial charge is 0.251 e. The standard InChI is InChI=1S/C29H32F2N8O.H2S/c1-19(21-4-3-5-22-23(29(40)32-2)8-9-33-28(21)22)15-34-26-14-24(36-18-37-26)20-6-7-27(35-16-20)39-12-10-38(11-13-39)17-25(30)31;/h3-9,14,16,18-19,25H,10-13,15,17H2,1-2H3,(H,32,40)(H,34,36,37);1H2/t19-;/m1./s1. The van der Waals surface area contributed by atoms with Crippen molar-refractivity contribution >= 4 is 41.9 Å². The van der Waals surface area contributed by atoms with E-state index in [9.17, 15) is 13.6 Å². The third-order valence-corrected chi connectivity index (χ3v) is 7.20. The molecule has 1 saturated heterocycles. The molecular weight excluding hydrogens is 546 g/mol. The number of carbonyl (C=O) groups is 1. The van der Waals surface area contributed by atoms with E-state index < -0.39 is 6.43 Å². The van der Waals surface area contributed by atoms with Crippen LogP contribution in [0.1, 0.15) is 28.8 Å². The summed E-state index contributed by atoms with van der Waals surface area (Å²) in [4.78, 5) is 34.2. The maximum Gasteiger partial charge on any atom is 0.251 e. The van der Waals surface area contributed by atoms with Gasteiger partial charge in [-0.2, -0.15) is 13.5 Å². The van der Waals surface area contributed by atoms with Crippen molar-refractivity contribution in [1.82, 2.24) is 30.2 Å². The molecule has 2 N–H and O–H groups in total. The molecule has 0 bridgehead atoms. The molecule has 1 atom stereocenters. The Balaban J connectivity index is 0.00000387. The Morgan fingerprint density at radius 3 is 2.54 bits per heavy atom. The summed E-state index contributed by atoms with van der Waals surface area (Å²) in [6.45, 7) is 5.05. The van der Waals surface area contributed by atoms with Crippen molar-refractivity contribution in [2.45, 2.75) is 19.3 Å². The number of nitrogens with zero attached hydrogens (tertiary/aromatic N) is 6. The fourth-order valence-electron chi connectivity index (χ4n) is 4.99. The number of carbonyl (C=O) groups excluding carboxylic acids is 1. The van der Waals surface area contributed by atoms with Crippen LogP contribution in [0.25, 0.3) is 22.2 Å². The second-order valence-corrected chi connectivity index (χ2v) is 9.84. The number of alkyl halides is 2. The molecule has 5 rings (SSSR count). The Hall–Kier alpha value is -3.90. The lowest BCUT2D eigenvalue weighted by Crippen LogP contribution is -2.48. The molecule has 0 unspecified atom stereocenters. The van der Waals surface area contributed by atoms with E-state index in [0.29, 0.717) is 44.1 Å². The van der Waals surface area contributed by atoms with Crippen LogP contribution in [0.4, 0.5) is 20.4 Å². The number of aromatic nitrogens is 4. The highest BCUT2D eigenvalue weighted by molar-refractivity contribution is 7.59. The van der Waals surface area contributed by atoms with Crippen molar-refractivity contribution in [1.29, 1.82) is 0 Å². The molecule has 216 valence electrons. The number of anilines is 2. The minimum Gasteiger partial charge on any atom is -0.369 e. The summed E-state index contributed by atoms with van der Waals surface area (Å²) in [7, 11) is 1.62. The Bertz CT molecular complexity index is 1470. The van der Waals surface area contributed by atoms with E-state index in [1.807, 2.05) is 36.4 Å². The number of halogens is 2. The SMILES string of the molecule is CNC(=O)c1ccnc2c([C@H](C)CNc3cc(-c4ccc(N5CCN(CC(F)F)CC5)nc4)ncn3)cccc12.S. The summed E-state index contributed by atoms with van der Waals surface area (Å²) in [5.74, 6) is 1.47. The molecule has 0 aliphatic carbocycles. The fraction of sp³-hybridized carbons (Fsp3) is 0.345. The number of nitrogens with one attached hydrogen (secondary N) is 2. The Labute approximate surface area is 244 Å². The van der Waals surface area contributed by atoms with Gasteiger partial charge in [0.05, 0.1) is 23.3 Å². The van der Waals surface area contributed by atoms with E-state index in [2.05, 4.69) is 42.4 Å². The second-order valence-electron chi connectivity index (χ2n) is 9.84. The van der Waals surface area contributed by atoms with E-state index in [1.165, 1.54) is 6.33 Å². The van der Waals surface area contributed by atoms with Crippen LogP contribution in [0.2, 0.25) is 0 Å². The minimum atomic E-state index is -2.31. The van der Waals surface area contributed by atoms with Crippen molar-refractivity contribution in [3.63, 3.8) is 0 Å². The third-order valence-electron chi connectivity index (χ3n) is 7.20. The molecule has 1 fully saturated rings. The van der Waals surface area contributed by atoms with Gasteiger partial charge in [-0.15, -0.1) is 0 Å². The van der Waals surface area contributed by atoms with Crippen LogP contribution < -0.4 is 15.5 Å². The van der Waals surface area contributed by atoms with E-state index >= 15 is 0 Å². The van der Waals surface area contributed by atoms with Crippen LogP contribution in [0.15, 0.2) is 61.2 Å². The summed E-state index contributed by atoms with van der Waals surface area (Å²) in [5, 5.41) is 6.91. The number of pyridine rings is 2. The number of benzene rings is 1. The number of piperazine rings is 1. The quantitative estimate of drug-likeness (QED) is 0.305. The number of hydrogen-bond donors (Lipinski definition) is 2. The zero-order valence-corrected chi connectivity index (χ0v) is 24.0. The summed E-state index contributed by atoms with van der Waals surface area (Å²) in [6.07, 6.45) is 2.66. The van der Waals surface area contributed by atoms with Gasteiger partial charge in [0.25, 0.3) is 12.3 Å². The van der Waals surface area contributed by atoms with Crippen molar-refractivity contribution in [2.24, 2.45) is 0 Å². The molecular formula is C29H34F2N8OS. The lowest BCUT2D eigenvalue weighted by molar-refractivity contribution is 0.0853. The van der Waals surface area contributed by atoms with Crippen molar-refractivity contribution < 1.29 is 13.6 Å². The summed E-state index contributed by atoms with van der Waals surface area (Å²) >= 11 is 0. The zero-order valence-electron chi connectivity index (χ0n) is 23.0. The predicted octanol–water partition coefficient (Wildman–Crippen LogP) is 4.16. The highest BCUT2D eigenvalue weighted by Gasteiger charge is 2.20. The maximum absolute atomic E-state index is 12.6. The summed E-state index contributed by atoms with van der Waals surface area (Å²) in [5.41, 5.74) is 4.05. The first kappa shape index (κ1) is 30.1. The van der Waals surface area contributed by atoms with Crippen LogP contribution in [-0.4, -0.2) is 83.5 Å². The summed E-state index contributed by atoms with van der Waals surface area (Å²) < 4.78 is 25.3. The Morgan fingerprint density at radius 1 is 1.02 bits per heavy atom. The molecule has 3 aromatic heterocycles. The number of fused-ring (bicyclic) bond motifs is 1. The zero-order chi connectivity index (χ0) is 28.1. The number of para-hydroxylation sites is 1. The predicted molar refractivity (Wildman–Crippen MR) is 162 cm³/mol. The number of amides is 1. The highest BCUT2D eigenvalue weighted by Crippen LogP contribution is 2.27. The van der Waals surface area contributed by atoms with Crippen LogP contribution in [0.5, 0.6) is 0 Å². The van der Waals surface area contributed by atoms with E-state index in [1.54, 1.807) is 30.4 Å². The van der Waals surface area contributed by atoms with Gasteiger partial charge in [-0.25, -0.2) is 23.7 Å².